The Labute approximate surface area is 187 Å². The van der Waals surface area contributed by atoms with E-state index in [1.54, 1.807) is 0 Å². The molecule has 0 saturated carbocycles. The van der Waals surface area contributed by atoms with Gasteiger partial charge in [0.05, 0.1) is 19.2 Å². The molecule has 1 rings (SSSR count). The highest BCUT2D eigenvalue weighted by atomic mass is 16.7. The monoisotopic (exact) mass is 472 g/mol. The van der Waals surface area contributed by atoms with E-state index in [-0.39, 0.29) is 13.1 Å². The third-order valence-electron chi connectivity index (χ3n) is 3.97. The Morgan fingerprint density at radius 1 is 0.818 bits per heavy atom. The standard InChI is InChI=1S/C17H24N6O10/c1-8(24)28-7-13-14(29-9(2)25)15(30-10(3)26)16(31-11(4)27)17(33-13)32-12(5-20-22-18)6-21-23-19/h12-17H,5-7H2,1-4H3/t13-,14+,15+,16-,17-/m1/s1. The molecule has 16 heteroatoms. The third kappa shape index (κ3) is 9.62. The first-order valence-corrected chi connectivity index (χ1v) is 9.56. The number of ether oxygens (including phenoxy) is 6. The van der Waals surface area contributed by atoms with Crippen molar-refractivity contribution in [3.05, 3.63) is 20.9 Å². The summed E-state index contributed by atoms with van der Waals surface area (Å²) in [6, 6.07) is 0. The minimum Gasteiger partial charge on any atom is -0.463 e. The maximum absolute atomic E-state index is 11.8. The lowest BCUT2D eigenvalue weighted by atomic mass is 9.98. The predicted molar refractivity (Wildman–Crippen MR) is 105 cm³/mol. The molecule has 1 saturated heterocycles. The Balaban J connectivity index is 3.40. The number of hydrogen-bond acceptors (Lipinski definition) is 12. The molecular weight excluding hydrogens is 448 g/mol. The lowest BCUT2D eigenvalue weighted by Gasteiger charge is -2.44. The molecular formula is C17H24N6O10. The number of nitrogens with zero attached hydrogens (tertiary/aromatic N) is 6. The number of hydrogen-bond donors (Lipinski definition) is 0. The summed E-state index contributed by atoms with van der Waals surface area (Å²) in [7, 11) is 0. The summed E-state index contributed by atoms with van der Waals surface area (Å²) in [5.41, 5.74) is 17.2. The van der Waals surface area contributed by atoms with Gasteiger partial charge in [-0.2, -0.15) is 0 Å². The van der Waals surface area contributed by atoms with E-state index in [0.717, 1.165) is 27.7 Å². The van der Waals surface area contributed by atoms with Crippen LogP contribution in [0.1, 0.15) is 27.7 Å². The van der Waals surface area contributed by atoms with Gasteiger partial charge in [0.25, 0.3) is 0 Å². The average molecular weight is 472 g/mol. The zero-order chi connectivity index (χ0) is 25.0. The number of azide groups is 2. The van der Waals surface area contributed by atoms with Crippen LogP contribution in [0.15, 0.2) is 10.2 Å². The molecule has 16 nitrogen and oxygen atoms in total. The van der Waals surface area contributed by atoms with Gasteiger partial charge in [0, 0.05) is 37.5 Å². The molecule has 5 atom stereocenters. The Hall–Kier alpha value is -3.58. The predicted octanol–water partition coefficient (Wildman–Crippen LogP) is 1.08. The van der Waals surface area contributed by atoms with Crippen molar-refractivity contribution < 1.29 is 47.6 Å². The van der Waals surface area contributed by atoms with E-state index in [4.69, 9.17) is 39.5 Å². The molecule has 1 fully saturated rings. The van der Waals surface area contributed by atoms with E-state index in [1.807, 2.05) is 0 Å². The molecule has 0 unspecified atom stereocenters. The topological polar surface area (TPSA) is 221 Å². The molecule has 1 heterocycles. The zero-order valence-electron chi connectivity index (χ0n) is 18.4. The summed E-state index contributed by atoms with van der Waals surface area (Å²) in [6.45, 7) is 3.37. The van der Waals surface area contributed by atoms with Gasteiger partial charge in [0.2, 0.25) is 0 Å². The Bertz CT molecular complexity index is 805. The molecule has 0 N–H and O–H groups in total. The van der Waals surface area contributed by atoms with Crippen LogP contribution >= 0.6 is 0 Å². The van der Waals surface area contributed by atoms with Crippen LogP contribution in [0, 0.1) is 0 Å². The molecule has 0 amide bonds. The molecule has 0 aromatic heterocycles. The first kappa shape index (κ1) is 27.5. The summed E-state index contributed by atoms with van der Waals surface area (Å²) < 4.78 is 32.2. The molecule has 0 aromatic rings. The van der Waals surface area contributed by atoms with Crippen LogP contribution in [0.3, 0.4) is 0 Å². The van der Waals surface area contributed by atoms with Crippen LogP contribution in [-0.4, -0.2) is 80.4 Å². The molecule has 0 aromatic carbocycles. The molecule has 182 valence electrons. The highest BCUT2D eigenvalue weighted by Gasteiger charge is 2.53. The molecule has 0 spiro atoms. The van der Waals surface area contributed by atoms with E-state index in [1.165, 1.54) is 0 Å². The maximum Gasteiger partial charge on any atom is 0.303 e. The van der Waals surface area contributed by atoms with Crippen LogP contribution in [0.5, 0.6) is 0 Å². The minimum atomic E-state index is -1.49. The van der Waals surface area contributed by atoms with E-state index in [9.17, 15) is 19.2 Å². The van der Waals surface area contributed by atoms with Gasteiger partial charge in [-0.15, -0.1) is 0 Å². The number of esters is 4. The van der Waals surface area contributed by atoms with Crippen molar-refractivity contribution in [3.8, 4) is 0 Å². The van der Waals surface area contributed by atoms with E-state index in [2.05, 4.69) is 20.1 Å². The van der Waals surface area contributed by atoms with Crippen LogP contribution < -0.4 is 0 Å². The molecule has 1 aliphatic heterocycles. The minimum absolute atomic E-state index is 0.289. The SMILES string of the molecule is CC(=O)OC[C@H]1O[C@@H](OC(CN=[N+]=[N-])CN=[N+]=[N-])[C@H](OC(C)=O)[C@@H](OC(C)=O)[C@H]1OC(C)=O. The van der Waals surface area contributed by atoms with Crippen LogP contribution in [0.4, 0.5) is 0 Å². The molecule has 1 aliphatic rings. The van der Waals surface area contributed by atoms with Crippen LogP contribution in [-0.2, 0) is 47.6 Å². The molecule has 0 radical (unpaired) electrons. The zero-order valence-corrected chi connectivity index (χ0v) is 18.4. The van der Waals surface area contributed by atoms with Gasteiger partial charge in [-0.3, -0.25) is 19.2 Å². The van der Waals surface area contributed by atoms with Crippen molar-refractivity contribution in [3.63, 3.8) is 0 Å². The summed E-state index contributed by atoms with van der Waals surface area (Å²) in [5, 5.41) is 6.72. The number of carbonyl (C=O) groups is 4. The largest absolute Gasteiger partial charge is 0.463 e. The smallest absolute Gasteiger partial charge is 0.303 e. The van der Waals surface area contributed by atoms with Crippen LogP contribution in [0.2, 0.25) is 0 Å². The Kier molecular flexibility index (Phi) is 11.4. The highest BCUT2D eigenvalue weighted by molar-refractivity contribution is 5.68. The lowest BCUT2D eigenvalue weighted by molar-refractivity contribution is -0.315. The van der Waals surface area contributed by atoms with Crippen molar-refractivity contribution in [2.24, 2.45) is 10.2 Å². The lowest BCUT2D eigenvalue weighted by Crippen LogP contribution is -2.63. The van der Waals surface area contributed by atoms with Gasteiger partial charge in [-0.05, 0) is 11.1 Å². The number of rotatable bonds is 11. The normalized spacial score (nSPS) is 24.8. The molecule has 0 bridgehead atoms. The second kappa shape index (κ2) is 13.8. The van der Waals surface area contributed by atoms with Crippen molar-refractivity contribution in [2.75, 3.05) is 19.7 Å². The van der Waals surface area contributed by atoms with Gasteiger partial charge in [0.15, 0.2) is 24.6 Å². The van der Waals surface area contributed by atoms with E-state index < -0.39 is 67.3 Å². The third-order valence-corrected chi connectivity index (χ3v) is 3.97. The second-order valence-corrected chi connectivity index (χ2v) is 6.65. The maximum atomic E-state index is 11.8. The van der Waals surface area contributed by atoms with Crippen molar-refractivity contribution in [1.29, 1.82) is 0 Å². The second-order valence-electron chi connectivity index (χ2n) is 6.65. The van der Waals surface area contributed by atoms with Gasteiger partial charge >= 0.3 is 23.9 Å². The van der Waals surface area contributed by atoms with E-state index >= 15 is 0 Å². The van der Waals surface area contributed by atoms with Crippen molar-refractivity contribution in [1.82, 2.24) is 0 Å². The number of carbonyl (C=O) groups excluding carboxylic acids is 4. The Morgan fingerprint density at radius 2 is 1.30 bits per heavy atom. The Morgan fingerprint density at radius 3 is 1.76 bits per heavy atom. The molecule has 0 aliphatic carbocycles. The molecule has 33 heavy (non-hydrogen) atoms. The fourth-order valence-corrected chi connectivity index (χ4v) is 2.89. The van der Waals surface area contributed by atoms with Gasteiger partial charge in [0.1, 0.15) is 12.7 Å². The fourth-order valence-electron chi connectivity index (χ4n) is 2.89. The highest BCUT2D eigenvalue weighted by Crippen LogP contribution is 2.30. The average Bonchev–Trinajstić information content (AvgIpc) is 2.71. The van der Waals surface area contributed by atoms with E-state index in [0.29, 0.717) is 0 Å². The summed E-state index contributed by atoms with van der Waals surface area (Å²) in [4.78, 5) is 51.8. The van der Waals surface area contributed by atoms with Crippen LogP contribution in [0.25, 0.3) is 20.9 Å². The van der Waals surface area contributed by atoms with Gasteiger partial charge < -0.3 is 28.4 Å². The van der Waals surface area contributed by atoms with Gasteiger partial charge in [-0.25, -0.2) is 0 Å². The summed E-state index contributed by atoms with van der Waals surface area (Å²) in [6.07, 6.45) is -7.95. The quantitative estimate of drug-likeness (QED) is 0.137. The summed E-state index contributed by atoms with van der Waals surface area (Å²) >= 11 is 0. The van der Waals surface area contributed by atoms with Crippen molar-refractivity contribution >= 4 is 23.9 Å². The first-order valence-electron chi connectivity index (χ1n) is 9.56. The fraction of sp³-hybridized carbons (Fsp3) is 0.765. The first-order chi connectivity index (χ1) is 15.6. The summed E-state index contributed by atoms with van der Waals surface area (Å²) in [5.74, 6) is -3.07. The van der Waals surface area contributed by atoms with Gasteiger partial charge in [-0.1, -0.05) is 10.2 Å². The van der Waals surface area contributed by atoms with Crippen molar-refractivity contribution in [2.45, 2.75) is 64.5 Å².